The first kappa shape index (κ1) is 14.4. The van der Waals surface area contributed by atoms with Crippen LogP contribution in [0.3, 0.4) is 0 Å². The van der Waals surface area contributed by atoms with E-state index in [0.717, 1.165) is 6.42 Å². The molecule has 0 bridgehead atoms. The minimum atomic E-state index is -0.390. The maximum atomic E-state index is 13.9. The van der Waals surface area contributed by atoms with Gasteiger partial charge in [-0.2, -0.15) is 5.21 Å². The number of aromatic nitrogens is 4. The molecule has 1 saturated heterocycles. The van der Waals surface area contributed by atoms with Gasteiger partial charge in [-0.3, -0.25) is 0 Å². The second kappa shape index (κ2) is 6.08. The SMILES string of the molecule is Cc1cccc(NC(=O)N2CCC(Cc3nn[nH]n3)C2)c1F. The summed E-state index contributed by atoms with van der Waals surface area (Å²) in [5, 5.41) is 16.4. The fourth-order valence-electron chi connectivity index (χ4n) is 2.65. The Balaban J connectivity index is 1.58. The summed E-state index contributed by atoms with van der Waals surface area (Å²) in [7, 11) is 0. The van der Waals surface area contributed by atoms with Gasteiger partial charge in [0.25, 0.3) is 0 Å². The summed E-state index contributed by atoms with van der Waals surface area (Å²) in [6, 6.07) is 4.67. The number of anilines is 1. The molecule has 8 heteroatoms. The Labute approximate surface area is 126 Å². The molecule has 2 heterocycles. The summed E-state index contributed by atoms with van der Waals surface area (Å²) >= 11 is 0. The summed E-state index contributed by atoms with van der Waals surface area (Å²) < 4.78 is 13.9. The first-order chi connectivity index (χ1) is 10.6. The van der Waals surface area contributed by atoms with Gasteiger partial charge in [0.15, 0.2) is 5.82 Å². The number of amides is 2. The van der Waals surface area contributed by atoms with Gasteiger partial charge in [-0.05, 0) is 30.9 Å². The molecule has 1 aliphatic rings. The van der Waals surface area contributed by atoms with E-state index in [4.69, 9.17) is 0 Å². The fraction of sp³-hybridized carbons (Fsp3) is 0.429. The number of carbonyl (C=O) groups excluding carboxylic acids is 1. The number of tetrazole rings is 1. The molecule has 116 valence electrons. The molecule has 1 aromatic heterocycles. The Morgan fingerprint density at radius 3 is 3.18 bits per heavy atom. The first-order valence-corrected chi connectivity index (χ1v) is 7.17. The van der Waals surface area contributed by atoms with E-state index in [0.29, 0.717) is 36.8 Å². The number of aromatic amines is 1. The summed E-state index contributed by atoms with van der Waals surface area (Å²) in [5.41, 5.74) is 0.723. The smallest absolute Gasteiger partial charge is 0.321 e. The summed E-state index contributed by atoms with van der Waals surface area (Å²) in [4.78, 5) is 13.9. The van der Waals surface area contributed by atoms with Crippen molar-refractivity contribution in [1.29, 1.82) is 0 Å². The lowest BCUT2D eigenvalue weighted by molar-refractivity contribution is 0.220. The highest BCUT2D eigenvalue weighted by Gasteiger charge is 2.27. The molecule has 0 aliphatic carbocycles. The van der Waals surface area contributed by atoms with E-state index < -0.39 is 5.82 Å². The highest BCUT2D eigenvalue weighted by atomic mass is 19.1. The van der Waals surface area contributed by atoms with E-state index in [1.807, 2.05) is 0 Å². The van der Waals surface area contributed by atoms with Gasteiger partial charge in [0.1, 0.15) is 5.82 Å². The van der Waals surface area contributed by atoms with Crippen LogP contribution in [0, 0.1) is 18.7 Å². The maximum absolute atomic E-state index is 13.9. The third-order valence-corrected chi connectivity index (χ3v) is 3.87. The van der Waals surface area contributed by atoms with E-state index in [-0.39, 0.29) is 11.7 Å². The van der Waals surface area contributed by atoms with Gasteiger partial charge >= 0.3 is 6.03 Å². The summed E-state index contributed by atoms with van der Waals surface area (Å²) in [6.45, 7) is 2.91. The number of benzene rings is 1. The maximum Gasteiger partial charge on any atom is 0.321 e. The van der Waals surface area contributed by atoms with Crippen molar-refractivity contribution < 1.29 is 9.18 Å². The number of H-pyrrole nitrogens is 1. The number of urea groups is 1. The summed E-state index contributed by atoms with van der Waals surface area (Å²) in [6.07, 6.45) is 1.55. The number of hydrogen-bond donors (Lipinski definition) is 2. The van der Waals surface area contributed by atoms with E-state index >= 15 is 0 Å². The molecule has 1 atom stereocenters. The van der Waals surface area contributed by atoms with Crippen LogP contribution in [0.4, 0.5) is 14.9 Å². The molecule has 1 unspecified atom stereocenters. The van der Waals surface area contributed by atoms with Gasteiger partial charge in [-0.15, -0.1) is 10.2 Å². The number of rotatable bonds is 3. The second-order valence-corrected chi connectivity index (χ2v) is 5.50. The van der Waals surface area contributed by atoms with Gasteiger partial charge in [0.2, 0.25) is 0 Å². The number of hydrogen-bond acceptors (Lipinski definition) is 4. The summed E-state index contributed by atoms with van der Waals surface area (Å²) in [5.74, 6) is 0.557. The first-order valence-electron chi connectivity index (χ1n) is 7.17. The molecule has 7 nitrogen and oxygen atoms in total. The van der Waals surface area contributed by atoms with Crippen molar-refractivity contribution in [2.75, 3.05) is 18.4 Å². The zero-order valence-electron chi connectivity index (χ0n) is 12.2. The van der Waals surface area contributed by atoms with Crippen LogP contribution in [0.5, 0.6) is 0 Å². The zero-order valence-corrected chi connectivity index (χ0v) is 12.2. The van der Waals surface area contributed by atoms with Crippen molar-refractivity contribution in [1.82, 2.24) is 25.5 Å². The second-order valence-electron chi connectivity index (χ2n) is 5.50. The molecule has 3 rings (SSSR count). The number of nitrogens with zero attached hydrogens (tertiary/aromatic N) is 4. The minimum Gasteiger partial charge on any atom is -0.324 e. The lowest BCUT2D eigenvalue weighted by atomic mass is 10.1. The standard InChI is InChI=1S/C14H17FN6O/c1-9-3-2-4-11(13(9)15)16-14(22)21-6-5-10(8-21)7-12-17-19-20-18-12/h2-4,10H,5-8H2,1H3,(H,16,22)(H,17,18,19,20). The Morgan fingerprint density at radius 2 is 2.41 bits per heavy atom. The molecular formula is C14H17FN6O. The van der Waals surface area contributed by atoms with Gasteiger partial charge in [0.05, 0.1) is 5.69 Å². The predicted molar refractivity (Wildman–Crippen MR) is 77.7 cm³/mol. The average molecular weight is 304 g/mol. The third kappa shape index (κ3) is 3.05. The Morgan fingerprint density at radius 1 is 1.55 bits per heavy atom. The zero-order chi connectivity index (χ0) is 15.5. The number of carbonyl (C=O) groups is 1. The van der Waals surface area contributed by atoms with Gasteiger partial charge in [-0.1, -0.05) is 17.3 Å². The molecule has 2 aromatic rings. The van der Waals surface area contributed by atoms with E-state index in [1.54, 1.807) is 30.0 Å². The Bertz CT molecular complexity index is 659. The molecule has 0 spiro atoms. The van der Waals surface area contributed by atoms with Crippen molar-refractivity contribution in [2.45, 2.75) is 19.8 Å². The molecular weight excluding hydrogens is 287 g/mol. The van der Waals surface area contributed by atoms with E-state index in [9.17, 15) is 9.18 Å². The molecule has 1 fully saturated rings. The molecule has 0 radical (unpaired) electrons. The Kier molecular flexibility index (Phi) is 3.99. The molecule has 2 N–H and O–H groups in total. The molecule has 1 aliphatic heterocycles. The number of likely N-dealkylation sites (tertiary alicyclic amines) is 1. The monoisotopic (exact) mass is 304 g/mol. The third-order valence-electron chi connectivity index (χ3n) is 3.87. The highest BCUT2D eigenvalue weighted by molar-refractivity contribution is 5.89. The van der Waals surface area contributed by atoms with Crippen LogP contribution in [0.15, 0.2) is 18.2 Å². The lowest BCUT2D eigenvalue weighted by Crippen LogP contribution is -2.33. The van der Waals surface area contributed by atoms with E-state index in [1.165, 1.54) is 0 Å². The van der Waals surface area contributed by atoms with Crippen molar-refractivity contribution in [2.24, 2.45) is 5.92 Å². The number of halogens is 1. The molecule has 22 heavy (non-hydrogen) atoms. The lowest BCUT2D eigenvalue weighted by Gasteiger charge is -2.17. The van der Waals surface area contributed by atoms with Gasteiger partial charge in [0, 0.05) is 19.5 Å². The molecule has 1 aromatic carbocycles. The largest absolute Gasteiger partial charge is 0.324 e. The average Bonchev–Trinajstić information content (AvgIpc) is 3.16. The van der Waals surface area contributed by atoms with Crippen molar-refractivity contribution >= 4 is 11.7 Å². The van der Waals surface area contributed by atoms with Crippen molar-refractivity contribution in [3.05, 3.63) is 35.4 Å². The van der Waals surface area contributed by atoms with Gasteiger partial charge < -0.3 is 10.2 Å². The fourth-order valence-corrected chi connectivity index (χ4v) is 2.65. The minimum absolute atomic E-state index is 0.214. The normalized spacial score (nSPS) is 17.7. The Hall–Kier alpha value is -2.51. The van der Waals surface area contributed by atoms with Crippen LogP contribution in [-0.4, -0.2) is 44.6 Å². The van der Waals surface area contributed by atoms with Crippen molar-refractivity contribution in [3.63, 3.8) is 0 Å². The quantitative estimate of drug-likeness (QED) is 0.904. The predicted octanol–water partition coefficient (Wildman–Crippen LogP) is 1.74. The van der Waals surface area contributed by atoms with Crippen LogP contribution in [0.2, 0.25) is 0 Å². The number of aryl methyl sites for hydroxylation is 1. The highest BCUT2D eigenvalue weighted by Crippen LogP contribution is 2.22. The van der Waals surface area contributed by atoms with Crippen LogP contribution >= 0.6 is 0 Å². The topological polar surface area (TPSA) is 86.8 Å². The molecule has 2 amide bonds. The molecule has 0 saturated carbocycles. The van der Waals surface area contributed by atoms with E-state index in [2.05, 4.69) is 25.9 Å². The number of nitrogens with one attached hydrogen (secondary N) is 2. The van der Waals surface area contributed by atoms with Gasteiger partial charge in [-0.25, -0.2) is 9.18 Å². The van der Waals surface area contributed by atoms with Crippen LogP contribution < -0.4 is 5.32 Å². The van der Waals surface area contributed by atoms with Crippen LogP contribution in [-0.2, 0) is 6.42 Å². The van der Waals surface area contributed by atoms with Crippen LogP contribution in [0.1, 0.15) is 17.8 Å². The van der Waals surface area contributed by atoms with Crippen molar-refractivity contribution in [3.8, 4) is 0 Å². The van der Waals surface area contributed by atoms with Crippen LogP contribution in [0.25, 0.3) is 0 Å².